The van der Waals surface area contributed by atoms with Gasteiger partial charge in [0.15, 0.2) is 0 Å². The van der Waals surface area contributed by atoms with Crippen LogP contribution in [-0.4, -0.2) is 48.4 Å². The van der Waals surface area contributed by atoms with Gasteiger partial charge in [-0.25, -0.2) is 0 Å². The van der Waals surface area contributed by atoms with Crippen LogP contribution >= 0.6 is 0 Å². The number of piperidine rings is 1. The zero-order valence-corrected chi connectivity index (χ0v) is 15.2. The number of hydrogen-bond donors (Lipinski definition) is 2. The fourth-order valence-corrected chi connectivity index (χ4v) is 2.71. The zero-order chi connectivity index (χ0) is 18.2. The van der Waals surface area contributed by atoms with Crippen molar-refractivity contribution in [3.63, 3.8) is 0 Å². The van der Waals surface area contributed by atoms with Gasteiger partial charge in [-0.3, -0.25) is 14.5 Å². The lowest BCUT2D eigenvalue weighted by atomic mass is 9.96. The number of carbonyl (C=O) groups excluding carboxylic acids is 2. The maximum Gasteiger partial charge on any atom is 0.251 e. The number of amides is 2. The van der Waals surface area contributed by atoms with Crippen LogP contribution in [0.1, 0.15) is 33.6 Å². The Kier molecular flexibility index (Phi) is 7.92. The van der Waals surface area contributed by atoms with Crippen LogP contribution in [0.3, 0.4) is 0 Å². The summed E-state index contributed by atoms with van der Waals surface area (Å²) in [7, 11) is 0. The van der Waals surface area contributed by atoms with Crippen molar-refractivity contribution in [1.29, 1.82) is 0 Å². The molecule has 0 atom stereocenters. The second kappa shape index (κ2) is 9.42. The summed E-state index contributed by atoms with van der Waals surface area (Å²) < 4.78 is 0. The average molecular weight is 333 g/mol. The molecule has 2 amide bonds. The molecule has 5 heteroatoms. The first-order valence-corrected chi connectivity index (χ1v) is 8.52. The minimum atomic E-state index is -0.193. The minimum absolute atomic E-state index is 0.0689. The van der Waals surface area contributed by atoms with Crippen LogP contribution in [0, 0.1) is 5.92 Å². The van der Waals surface area contributed by atoms with E-state index in [0.717, 1.165) is 25.9 Å². The van der Waals surface area contributed by atoms with Gasteiger partial charge in [-0.1, -0.05) is 31.4 Å². The van der Waals surface area contributed by atoms with Gasteiger partial charge in [0.2, 0.25) is 5.91 Å². The summed E-state index contributed by atoms with van der Waals surface area (Å²) in [5.41, 5.74) is 0.336. The Labute approximate surface area is 145 Å². The summed E-state index contributed by atoms with van der Waals surface area (Å²) >= 11 is 0. The summed E-state index contributed by atoms with van der Waals surface area (Å²) in [6.07, 6.45) is 6.74. The van der Waals surface area contributed by atoms with Gasteiger partial charge < -0.3 is 10.6 Å². The van der Waals surface area contributed by atoms with Gasteiger partial charge in [0.1, 0.15) is 0 Å². The lowest BCUT2D eigenvalue weighted by Crippen LogP contribution is -2.48. The van der Waals surface area contributed by atoms with Gasteiger partial charge in [-0.05, 0) is 52.6 Å². The normalized spacial score (nSPS) is 17.2. The smallest absolute Gasteiger partial charge is 0.251 e. The summed E-state index contributed by atoms with van der Waals surface area (Å²) in [6, 6.07) is 0. The number of nitrogens with zero attached hydrogens (tertiary/aromatic N) is 1. The fourth-order valence-electron chi connectivity index (χ4n) is 2.71. The molecule has 1 aliphatic rings. The third-order valence-electron chi connectivity index (χ3n) is 3.92. The first-order valence-electron chi connectivity index (χ1n) is 8.52. The summed E-state index contributed by atoms with van der Waals surface area (Å²) in [5, 5.41) is 5.94. The topological polar surface area (TPSA) is 61.4 Å². The maximum atomic E-state index is 12.0. The predicted molar refractivity (Wildman–Crippen MR) is 98.5 cm³/mol. The van der Waals surface area contributed by atoms with Crippen molar-refractivity contribution in [2.24, 2.45) is 5.92 Å². The summed E-state index contributed by atoms with van der Waals surface area (Å²) in [4.78, 5) is 26.1. The van der Waals surface area contributed by atoms with Crippen LogP contribution < -0.4 is 10.6 Å². The van der Waals surface area contributed by atoms with E-state index in [1.165, 1.54) is 6.08 Å². The molecule has 0 saturated carbocycles. The van der Waals surface area contributed by atoms with Gasteiger partial charge in [0.25, 0.3) is 5.91 Å². The molecule has 0 radical (unpaired) electrons. The Morgan fingerprint density at radius 2 is 1.83 bits per heavy atom. The van der Waals surface area contributed by atoms with E-state index in [2.05, 4.69) is 28.7 Å². The highest BCUT2D eigenvalue weighted by Crippen LogP contribution is 2.16. The van der Waals surface area contributed by atoms with Crippen molar-refractivity contribution in [3.05, 3.63) is 37.0 Å². The van der Waals surface area contributed by atoms with E-state index in [9.17, 15) is 9.59 Å². The minimum Gasteiger partial charge on any atom is -0.352 e. The van der Waals surface area contributed by atoms with Gasteiger partial charge >= 0.3 is 0 Å². The quantitative estimate of drug-likeness (QED) is 0.553. The van der Waals surface area contributed by atoms with E-state index >= 15 is 0 Å². The molecule has 1 fully saturated rings. The highest BCUT2D eigenvalue weighted by Gasteiger charge is 2.22. The van der Waals surface area contributed by atoms with Crippen LogP contribution in [0.15, 0.2) is 37.0 Å². The van der Waals surface area contributed by atoms with Crippen molar-refractivity contribution in [2.45, 2.75) is 39.2 Å². The molecule has 134 valence electrons. The molecular weight excluding hydrogens is 302 g/mol. The van der Waals surface area contributed by atoms with E-state index in [4.69, 9.17) is 0 Å². The Hall–Kier alpha value is -1.88. The molecule has 24 heavy (non-hydrogen) atoms. The largest absolute Gasteiger partial charge is 0.352 e. The summed E-state index contributed by atoms with van der Waals surface area (Å²) in [5.74, 6) is 0.405. The number of rotatable bonds is 7. The molecule has 1 rings (SSSR count). The average Bonchev–Trinajstić information content (AvgIpc) is 2.49. The number of allylic oxidation sites excluding steroid dienone is 2. The molecule has 1 heterocycles. The molecule has 1 saturated heterocycles. The highest BCUT2D eigenvalue weighted by atomic mass is 16.2. The van der Waals surface area contributed by atoms with Crippen LogP contribution in [0.2, 0.25) is 0 Å². The predicted octanol–water partition coefficient (Wildman–Crippen LogP) is 2.03. The van der Waals surface area contributed by atoms with Gasteiger partial charge in [0.05, 0.1) is 6.54 Å². The number of likely N-dealkylation sites (tertiary alicyclic amines) is 1. The third-order valence-corrected chi connectivity index (χ3v) is 3.92. The second-order valence-electron chi connectivity index (χ2n) is 7.29. The first kappa shape index (κ1) is 20.2. The zero-order valence-electron chi connectivity index (χ0n) is 15.2. The Morgan fingerprint density at radius 3 is 2.33 bits per heavy atom. The van der Waals surface area contributed by atoms with Crippen LogP contribution in [0.25, 0.3) is 0 Å². The number of nitrogens with one attached hydrogen (secondary N) is 2. The fraction of sp³-hybridized carbons (Fsp3) is 0.579. The second-order valence-corrected chi connectivity index (χ2v) is 7.29. The van der Waals surface area contributed by atoms with Crippen molar-refractivity contribution >= 4 is 11.8 Å². The lowest BCUT2D eigenvalue weighted by molar-refractivity contribution is -0.124. The van der Waals surface area contributed by atoms with E-state index < -0.39 is 0 Å². The van der Waals surface area contributed by atoms with E-state index in [1.807, 2.05) is 20.8 Å². The molecule has 0 bridgehead atoms. The monoisotopic (exact) mass is 333 g/mol. The molecule has 5 nitrogen and oxygen atoms in total. The standard InChI is InChI=1S/C19H31N3O2/c1-6-8-16(7-2)18(24)20-13-15-9-11-22(12-10-15)14-17(23)21-19(3,4)5/h6-8,15H,1-2,9-14H2,3-5H3,(H,20,24)(H,21,23)/b16-8+. The lowest BCUT2D eigenvalue weighted by Gasteiger charge is -2.32. The number of hydrogen-bond acceptors (Lipinski definition) is 3. The van der Waals surface area contributed by atoms with Crippen LogP contribution in [0.4, 0.5) is 0 Å². The Balaban J connectivity index is 2.32. The molecule has 0 aromatic heterocycles. The summed E-state index contributed by atoms with van der Waals surface area (Å²) in [6.45, 7) is 16.0. The van der Waals surface area contributed by atoms with Crippen LogP contribution in [-0.2, 0) is 9.59 Å². The van der Waals surface area contributed by atoms with Crippen molar-refractivity contribution in [1.82, 2.24) is 15.5 Å². The van der Waals surface area contributed by atoms with E-state index in [1.54, 1.807) is 12.2 Å². The van der Waals surface area contributed by atoms with Crippen LogP contribution in [0.5, 0.6) is 0 Å². The first-order chi connectivity index (χ1) is 11.2. The molecule has 0 unspecified atom stereocenters. The van der Waals surface area contributed by atoms with Crippen molar-refractivity contribution in [3.8, 4) is 0 Å². The third kappa shape index (κ3) is 7.59. The van der Waals surface area contributed by atoms with Crippen molar-refractivity contribution < 1.29 is 9.59 Å². The van der Waals surface area contributed by atoms with Gasteiger partial charge in [-0.2, -0.15) is 0 Å². The molecule has 0 spiro atoms. The highest BCUT2D eigenvalue weighted by molar-refractivity contribution is 5.96. The molecule has 0 aromatic carbocycles. The van der Waals surface area contributed by atoms with E-state index in [-0.39, 0.29) is 17.4 Å². The molecule has 2 N–H and O–H groups in total. The molecule has 0 aromatic rings. The van der Waals surface area contributed by atoms with Gasteiger partial charge in [0, 0.05) is 17.7 Å². The molecule has 1 aliphatic heterocycles. The van der Waals surface area contributed by atoms with Crippen molar-refractivity contribution in [2.75, 3.05) is 26.2 Å². The maximum absolute atomic E-state index is 12.0. The Morgan fingerprint density at radius 1 is 1.21 bits per heavy atom. The Bertz CT molecular complexity index is 495. The molecular formula is C19H31N3O2. The van der Waals surface area contributed by atoms with E-state index in [0.29, 0.717) is 24.6 Å². The van der Waals surface area contributed by atoms with Gasteiger partial charge in [-0.15, -0.1) is 0 Å². The molecule has 0 aliphatic carbocycles. The number of carbonyl (C=O) groups is 2. The SMILES string of the molecule is C=C/C=C(\C=C)C(=O)NCC1CCN(CC(=O)NC(C)(C)C)CC1.